The maximum Gasteiger partial charge on any atom is 0.471 e. The van der Waals surface area contributed by atoms with Gasteiger partial charge in [-0.05, 0) is 12.1 Å². The van der Waals surface area contributed by atoms with E-state index in [1.54, 1.807) is 18.3 Å². The zero-order valence-electron chi connectivity index (χ0n) is 8.98. The second kappa shape index (κ2) is 4.52. The number of para-hydroxylation sites is 2. The number of nitrogens with one attached hydrogen (secondary N) is 1. The number of carbonyl (C=O) groups excluding carboxylic acids is 1. The summed E-state index contributed by atoms with van der Waals surface area (Å²) in [6, 6.07) is 6.15. The number of benzene rings is 1. The molecule has 0 saturated carbocycles. The highest BCUT2D eigenvalue weighted by molar-refractivity contribution is 5.96. The molecule has 2 rings (SSSR count). The van der Waals surface area contributed by atoms with Gasteiger partial charge in [0, 0.05) is 12.4 Å². The molecule has 0 fully saturated rings. The Morgan fingerprint density at radius 3 is 2.61 bits per heavy atom. The predicted molar refractivity (Wildman–Crippen MR) is 58.2 cm³/mol. The van der Waals surface area contributed by atoms with Gasteiger partial charge in [-0.3, -0.25) is 4.79 Å². The van der Waals surface area contributed by atoms with Crippen molar-refractivity contribution >= 4 is 11.6 Å². The molecule has 1 amide bonds. The number of carbonyl (C=O) groups is 1. The first-order chi connectivity index (χ1) is 8.48. The summed E-state index contributed by atoms with van der Waals surface area (Å²) in [5.74, 6) is -2.00. The number of rotatable bonds is 2. The summed E-state index contributed by atoms with van der Waals surface area (Å²) in [5.41, 5.74) is 0.477. The van der Waals surface area contributed by atoms with E-state index in [-0.39, 0.29) is 5.69 Å². The van der Waals surface area contributed by atoms with E-state index in [1.807, 2.05) is 5.32 Å². The molecule has 2 aromatic rings. The Kier molecular flexibility index (Phi) is 3.05. The van der Waals surface area contributed by atoms with Gasteiger partial charge >= 0.3 is 12.1 Å². The predicted octanol–water partition coefficient (Wildman–Crippen LogP) is 2.37. The van der Waals surface area contributed by atoms with Gasteiger partial charge < -0.3 is 9.88 Å². The standard InChI is InChI=1S/C11H8F3N3O/c12-11(13,14)10(18)16-8-3-1-2-4-9(8)17-6-5-15-7-17/h1-7H,(H,16,18). The molecule has 7 heteroatoms. The molecule has 1 aromatic carbocycles. The molecule has 0 spiro atoms. The van der Waals surface area contributed by atoms with Gasteiger partial charge in [-0.2, -0.15) is 13.2 Å². The number of halogens is 3. The van der Waals surface area contributed by atoms with Crippen molar-refractivity contribution < 1.29 is 18.0 Å². The van der Waals surface area contributed by atoms with Crippen molar-refractivity contribution in [2.24, 2.45) is 0 Å². The lowest BCUT2D eigenvalue weighted by atomic mass is 10.2. The van der Waals surface area contributed by atoms with Crippen LogP contribution in [0.4, 0.5) is 18.9 Å². The van der Waals surface area contributed by atoms with Crippen molar-refractivity contribution in [1.29, 1.82) is 0 Å². The highest BCUT2D eigenvalue weighted by Gasteiger charge is 2.38. The zero-order valence-corrected chi connectivity index (χ0v) is 8.98. The lowest BCUT2D eigenvalue weighted by molar-refractivity contribution is -0.167. The smallest absolute Gasteiger partial charge is 0.316 e. The van der Waals surface area contributed by atoms with Crippen LogP contribution in [0.3, 0.4) is 0 Å². The Hall–Kier alpha value is -2.31. The van der Waals surface area contributed by atoms with Gasteiger partial charge in [-0.25, -0.2) is 4.98 Å². The molecule has 0 unspecified atom stereocenters. The summed E-state index contributed by atoms with van der Waals surface area (Å²) < 4.78 is 38.0. The lowest BCUT2D eigenvalue weighted by Crippen LogP contribution is -2.30. The van der Waals surface area contributed by atoms with Crippen LogP contribution in [0.1, 0.15) is 0 Å². The van der Waals surface area contributed by atoms with Crippen molar-refractivity contribution in [3.05, 3.63) is 43.0 Å². The maximum absolute atomic E-state index is 12.2. The van der Waals surface area contributed by atoms with E-state index in [4.69, 9.17) is 0 Å². The summed E-state index contributed by atoms with van der Waals surface area (Å²) >= 11 is 0. The third-order valence-corrected chi connectivity index (χ3v) is 2.19. The van der Waals surface area contributed by atoms with E-state index in [0.29, 0.717) is 5.69 Å². The molecule has 0 aliphatic heterocycles. The van der Waals surface area contributed by atoms with E-state index >= 15 is 0 Å². The quantitative estimate of drug-likeness (QED) is 0.895. The fourth-order valence-electron chi connectivity index (χ4n) is 1.40. The van der Waals surface area contributed by atoms with E-state index < -0.39 is 12.1 Å². The molecule has 0 bridgehead atoms. The van der Waals surface area contributed by atoms with Crippen molar-refractivity contribution in [3.63, 3.8) is 0 Å². The highest BCUT2D eigenvalue weighted by Crippen LogP contribution is 2.23. The van der Waals surface area contributed by atoms with Crippen molar-refractivity contribution in [2.45, 2.75) is 6.18 Å². The molecule has 94 valence electrons. The molecular weight excluding hydrogens is 247 g/mol. The summed E-state index contributed by atoms with van der Waals surface area (Å²) in [7, 11) is 0. The molecule has 1 aromatic heterocycles. The zero-order chi connectivity index (χ0) is 13.2. The van der Waals surface area contributed by atoms with Crippen LogP contribution in [-0.4, -0.2) is 21.6 Å². The fourth-order valence-corrected chi connectivity index (χ4v) is 1.40. The number of imidazole rings is 1. The van der Waals surface area contributed by atoms with Gasteiger partial charge in [0.25, 0.3) is 0 Å². The van der Waals surface area contributed by atoms with Gasteiger partial charge in [0.1, 0.15) is 0 Å². The Labute approximate surface area is 100 Å². The third kappa shape index (κ3) is 2.50. The molecule has 1 N–H and O–H groups in total. The first kappa shape index (κ1) is 12.2. The van der Waals surface area contributed by atoms with Crippen LogP contribution in [0.5, 0.6) is 0 Å². The Morgan fingerprint density at radius 2 is 2.00 bits per heavy atom. The minimum atomic E-state index is -4.91. The SMILES string of the molecule is O=C(Nc1ccccc1-n1ccnc1)C(F)(F)F. The van der Waals surface area contributed by atoms with Crippen LogP contribution in [0.15, 0.2) is 43.0 Å². The third-order valence-electron chi connectivity index (χ3n) is 2.19. The van der Waals surface area contributed by atoms with Gasteiger partial charge in [-0.1, -0.05) is 12.1 Å². The van der Waals surface area contributed by atoms with Crippen molar-refractivity contribution in [3.8, 4) is 5.69 Å². The minimum absolute atomic E-state index is 0.0674. The topological polar surface area (TPSA) is 46.9 Å². The largest absolute Gasteiger partial charge is 0.471 e. The molecular formula is C11H8F3N3O. The van der Waals surface area contributed by atoms with E-state index in [9.17, 15) is 18.0 Å². The minimum Gasteiger partial charge on any atom is -0.316 e. The molecule has 0 atom stereocenters. The maximum atomic E-state index is 12.2. The first-order valence-electron chi connectivity index (χ1n) is 4.94. The molecule has 18 heavy (non-hydrogen) atoms. The van der Waals surface area contributed by atoms with Crippen molar-refractivity contribution in [1.82, 2.24) is 9.55 Å². The monoisotopic (exact) mass is 255 g/mol. The molecule has 0 radical (unpaired) electrons. The Bertz CT molecular complexity index is 549. The lowest BCUT2D eigenvalue weighted by Gasteiger charge is -2.12. The number of hydrogen-bond donors (Lipinski definition) is 1. The van der Waals surface area contributed by atoms with Gasteiger partial charge in [0.2, 0.25) is 0 Å². The van der Waals surface area contributed by atoms with Crippen LogP contribution in [0, 0.1) is 0 Å². The summed E-state index contributed by atoms with van der Waals surface area (Å²) in [6.07, 6.45) is -0.429. The number of amides is 1. The normalized spacial score (nSPS) is 11.3. The number of nitrogens with zero attached hydrogens (tertiary/aromatic N) is 2. The van der Waals surface area contributed by atoms with Crippen LogP contribution < -0.4 is 5.32 Å². The molecule has 0 aliphatic carbocycles. The summed E-state index contributed by atoms with van der Waals surface area (Å²) in [6.45, 7) is 0. The van der Waals surface area contributed by atoms with E-state index in [0.717, 1.165) is 0 Å². The van der Waals surface area contributed by atoms with E-state index in [1.165, 1.54) is 29.2 Å². The number of hydrogen-bond acceptors (Lipinski definition) is 2. The fraction of sp³-hybridized carbons (Fsp3) is 0.0909. The highest BCUT2D eigenvalue weighted by atomic mass is 19.4. The van der Waals surface area contributed by atoms with Gasteiger partial charge in [-0.15, -0.1) is 0 Å². The molecule has 0 aliphatic rings. The van der Waals surface area contributed by atoms with Crippen LogP contribution in [0.2, 0.25) is 0 Å². The molecule has 0 saturated heterocycles. The summed E-state index contributed by atoms with van der Waals surface area (Å²) in [5, 5.41) is 1.83. The molecule has 1 heterocycles. The average molecular weight is 255 g/mol. The van der Waals surface area contributed by atoms with E-state index in [2.05, 4.69) is 4.98 Å². The number of aromatic nitrogens is 2. The van der Waals surface area contributed by atoms with Crippen LogP contribution in [-0.2, 0) is 4.79 Å². The van der Waals surface area contributed by atoms with Crippen LogP contribution >= 0.6 is 0 Å². The van der Waals surface area contributed by atoms with Crippen molar-refractivity contribution in [2.75, 3.05) is 5.32 Å². The summed E-state index contributed by atoms with van der Waals surface area (Å²) in [4.78, 5) is 14.7. The van der Waals surface area contributed by atoms with Crippen LogP contribution in [0.25, 0.3) is 5.69 Å². The molecule has 4 nitrogen and oxygen atoms in total. The van der Waals surface area contributed by atoms with Gasteiger partial charge in [0.05, 0.1) is 17.7 Å². The van der Waals surface area contributed by atoms with Gasteiger partial charge in [0.15, 0.2) is 0 Å². The average Bonchev–Trinajstić information content (AvgIpc) is 2.82. The Balaban J connectivity index is 2.32. The first-order valence-corrected chi connectivity index (χ1v) is 4.94. The number of anilines is 1. The Morgan fingerprint density at radius 1 is 1.28 bits per heavy atom. The second-order valence-electron chi connectivity index (χ2n) is 3.44. The second-order valence-corrected chi connectivity index (χ2v) is 3.44. The number of alkyl halides is 3.